The predicted octanol–water partition coefficient (Wildman–Crippen LogP) is 1.60. The average Bonchev–Trinajstić information content (AvgIpc) is 2.40. The lowest BCUT2D eigenvalue weighted by Crippen LogP contribution is -2.18. The Balaban J connectivity index is 2.78. The minimum absolute atomic E-state index is 0.00860. The normalized spacial score (nSPS) is 11.0. The molecule has 21 heavy (non-hydrogen) atoms. The number of sulfonamides is 1. The second-order valence-electron chi connectivity index (χ2n) is 4.31. The van der Waals surface area contributed by atoms with Crippen LogP contribution in [-0.4, -0.2) is 32.2 Å². The van der Waals surface area contributed by atoms with Crippen molar-refractivity contribution in [3.63, 3.8) is 0 Å². The van der Waals surface area contributed by atoms with Gasteiger partial charge in [-0.15, -0.1) is 0 Å². The zero-order chi connectivity index (χ0) is 16.0. The highest BCUT2D eigenvalue weighted by atomic mass is 32.2. The van der Waals surface area contributed by atoms with Gasteiger partial charge in [0.15, 0.2) is 0 Å². The van der Waals surface area contributed by atoms with Crippen molar-refractivity contribution in [2.75, 3.05) is 17.6 Å². The number of rotatable bonds is 7. The number of carbonyl (C=O) groups excluding carboxylic acids is 1. The molecule has 0 saturated carbocycles. The van der Waals surface area contributed by atoms with Gasteiger partial charge >= 0.3 is 5.97 Å². The predicted molar refractivity (Wildman–Crippen MR) is 76.5 cm³/mol. The molecule has 0 aliphatic rings. The Morgan fingerprint density at radius 2 is 2.10 bits per heavy atom. The SMILES string of the molecule is COC(=O)CCCS(=O)(=O)Nc1cccc([N+](=O)[O-])c1C. The highest BCUT2D eigenvalue weighted by molar-refractivity contribution is 7.92. The summed E-state index contributed by atoms with van der Waals surface area (Å²) in [4.78, 5) is 21.1. The molecule has 0 saturated heterocycles. The summed E-state index contributed by atoms with van der Waals surface area (Å²) in [5.74, 6) is -0.763. The van der Waals surface area contributed by atoms with Crippen molar-refractivity contribution in [2.24, 2.45) is 0 Å². The Bertz CT molecular complexity index is 641. The largest absolute Gasteiger partial charge is 0.469 e. The van der Waals surface area contributed by atoms with Crippen LogP contribution in [0.4, 0.5) is 11.4 Å². The maximum absolute atomic E-state index is 11.9. The number of nitrogens with zero attached hydrogens (tertiary/aromatic N) is 1. The summed E-state index contributed by atoms with van der Waals surface area (Å²) in [7, 11) is -2.46. The smallest absolute Gasteiger partial charge is 0.305 e. The van der Waals surface area contributed by atoms with Crippen molar-refractivity contribution in [1.82, 2.24) is 0 Å². The monoisotopic (exact) mass is 316 g/mol. The van der Waals surface area contributed by atoms with E-state index >= 15 is 0 Å². The highest BCUT2D eigenvalue weighted by Crippen LogP contribution is 2.25. The minimum atomic E-state index is -3.68. The van der Waals surface area contributed by atoms with Gasteiger partial charge in [0.05, 0.1) is 29.0 Å². The van der Waals surface area contributed by atoms with E-state index < -0.39 is 20.9 Å². The van der Waals surface area contributed by atoms with E-state index in [2.05, 4.69) is 9.46 Å². The van der Waals surface area contributed by atoms with E-state index in [9.17, 15) is 23.3 Å². The first kappa shape index (κ1) is 16.9. The number of nitro groups is 1. The molecule has 0 amide bonds. The van der Waals surface area contributed by atoms with Crippen LogP contribution in [0.15, 0.2) is 18.2 Å². The molecule has 0 bridgehead atoms. The first-order valence-corrected chi connectivity index (χ1v) is 7.73. The topological polar surface area (TPSA) is 116 Å². The summed E-state index contributed by atoms with van der Waals surface area (Å²) >= 11 is 0. The standard InChI is InChI=1S/C12H16N2O6S/c1-9-10(5-3-6-11(9)14(16)17)13-21(18,19)8-4-7-12(15)20-2/h3,5-6,13H,4,7-8H2,1-2H3. The summed E-state index contributed by atoms with van der Waals surface area (Å²) in [6.07, 6.45) is 0.0985. The lowest BCUT2D eigenvalue weighted by Gasteiger charge is -2.10. The van der Waals surface area contributed by atoms with Crippen LogP contribution in [-0.2, 0) is 19.6 Å². The maximum atomic E-state index is 11.9. The van der Waals surface area contributed by atoms with Crippen LogP contribution in [0.5, 0.6) is 0 Å². The number of methoxy groups -OCH3 is 1. The van der Waals surface area contributed by atoms with E-state index in [0.717, 1.165) is 0 Å². The van der Waals surface area contributed by atoms with Crippen molar-refractivity contribution in [3.05, 3.63) is 33.9 Å². The molecular formula is C12H16N2O6S. The van der Waals surface area contributed by atoms with E-state index in [0.29, 0.717) is 0 Å². The van der Waals surface area contributed by atoms with Crippen LogP contribution < -0.4 is 4.72 Å². The Morgan fingerprint density at radius 3 is 2.67 bits per heavy atom. The number of carbonyl (C=O) groups is 1. The van der Waals surface area contributed by atoms with Gasteiger partial charge < -0.3 is 4.74 Å². The maximum Gasteiger partial charge on any atom is 0.305 e. The zero-order valence-corrected chi connectivity index (χ0v) is 12.5. The van der Waals surface area contributed by atoms with Crippen LogP contribution in [0.1, 0.15) is 18.4 Å². The first-order valence-electron chi connectivity index (χ1n) is 6.08. The average molecular weight is 316 g/mol. The molecule has 0 fully saturated rings. The highest BCUT2D eigenvalue weighted by Gasteiger charge is 2.17. The molecule has 1 rings (SSSR count). The summed E-state index contributed by atoms with van der Waals surface area (Å²) in [6, 6.07) is 4.14. The molecule has 1 aromatic rings. The Hall–Kier alpha value is -2.16. The van der Waals surface area contributed by atoms with E-state index in [1.165, 1.54) is 32.2 Å². The summed E-state index contributed by atoms with van der Waals surface area (Å²) in [6.45, 7) is 1.46. The van der Waals surface area contributed by atoms with Crippen molar-refractivity contribution < 1.29 is 22.9 Å². The van der Waals surface area contributed by atoms with Gasteiger partial charge in [-0.3, -0.25) is 19.6 Å². The summed E-state index contributed by atoms with van der Waals surface area (Å²) in [5.41, 5.74) is 0.228. The number of nitrogens with one attached hydrogen (secondary N) is 1. The molecule has 116 valence electrons. The van der Waals surface area contributed by atoms with Crippen LogP contribution in [0.3, 0.4) is 0 Å². The molecule has 0 aromatic heterocycles. The van der Waals surface area contributed by atoms with Gasteiger partial charge in [0.1, 0.15) is 0 Å². The summed E-state index contributed by atoms with van der Waals surface area (Å²) < 4.78 is 30.4. The molecular weight excluding hydrogens is 300 g/mol. The molecule has 9 heteroatoms. The quantitative estimate of drug-likeness (QED) is 0.464. The lowest BCUT2D eigenvalue weighted by molar-refractivity contribution is -0.385. The molecule has 0 heterocycles. The second-order valence-corrected chi connectivity index (χ2v) is 6.15. The number of esters is 1. The Labute approximate surface area is 122 Å². The van der Waals surface area contributed by atoms with E-state index in [1.807, 2.05) is 0 Å². The van der Waals surface area contributed by atoms with Crippen molar-refractivity contribution >= 4 is 27.4 Å². The molecule has 0 aliphatic heterocycles. The molecule has 0 spiro atoms. The fourth-order valence-electron chi connectivity index (χ4n) is 1.66. The number of ether oxygens (including phenoxy) is 1. The first-order chi connectivity index (χ1) is 9.76. The molecule has 1 aromatic carbocycles. The van der Waals surface area contributed by atoms with Crippen LogP contribution in [0.25, 0.3) is 0 Å². The van der Waals surface area contributed by atoms with Gasteiger partial charge in [-0.1, -0.05) is 6.07 Å². The van der Waals surface area contributed by atoms with Gasteiger partial charge in [-0.25, -0.2) is 8.42 Å². The fourth-order valence-corrected chi connectivity index (χ4v) is 2.84. The Morgan fingerprint density at radius 1 is 1.43 bits per heavy atom. The minimum Gasteiger partial charge on any atom is -0.469 e. The van der Waals surface area contributed by atoms with Crippen molar-refractivity contribution in [1.29, 1.82) is 0 Å². The van der Waals surface area contributed by atoms with Gasteiger partial charge in [0.2, 0.25) is 10.0 Å². The van der Waals surface area contributed by atoms with Crippen LogP contribution in [0.2, 0.25) is 0 Å². The van der Waals surface area contributed by atoms with E-state index in [4.69, 9.17) is 0 Å². The molecule has 0 radical (unpaired) electrons. The van der Waals surface area contributed by atoms with E-state index in [1.54, 1.807) is 0 Å². The zero-order valence-electron chi connectivity index (χ0n) is 11.7. The number of hydrogen-bond acceptors (Lipinski definition) is 6. The van der Waals surface area contributed by atoms with Gasteiger partial charge in [0, 0.05) is 12.5 Å². The third kappa shape index (κ3) is 5.03. The van der Waals surface area contributed by atoms with Crippen molar-refractivity contribution in [2.45, 2.75) is 19.8 Å². The molecule has 8 nitrogen and oxygen atoms in total. The summed E-state index contributed by atoms with van der Waals surface area (Å²) in [5, 5.41) is 10.8. The second kappa shape index (κ2) is 7.02. The number of nitro benzene ring substituents is 1. The molecule has 1 N–H and O–H groups in total. The molecule has 0 atom stereocenters. The van der Waals surface area contributed by atoms with Gasteiger partial charge in [0.25, 0.3) is 5.69 Å². The lowest BCUT2D eigenvalue weighted by atomic mass is 10.2. The third-order valence-electron chi connectivity index (χ3n) is 2.79. The number of benzene rings is 1. The third-order valence-corrected chi connectivity index (χ3v) is 4.15. The van der Waals surface area contributed by atoms with Gasteiger partial charge in [-0.05, 0) is 19.4 Å². The van der Waals surface area contributed by atoms with Crippen molar-refractivity contribution in [3.8, 4) is 0 Å². The Kier molecular flexibility index (Phi) is 5.65. The fraction of sp³-hybridized carbons (Fsp3) is 0.417. The number of anilines is 1. The molecule has 0 unspecified atom stereocenters. The van der Waals surface area contributed by atoms with Gasteiger partial charge in [-0.2, -0.15) is 0 Å². The number of hydrogen-bond donors (Lipinski definition) is 1. The van der Waals surface area contributed by atoms with Crippen LogP contribution in [0, 0.1) is 17.0 Å². The molecule has 0 aliphatic carbocycles. The van der Waals surface area contributed by atoms with Crippen LogP contribution >= 0.6 is 0 Å². The van der Waals surface area contributed by atoms with E-state index in [-0.39, 0.29) is 35.5 Å².